The normalized spacial score (nSPS) is 10.0. The van der Waals surface area contributed by atoms with E-state index >= 15 is 0 Å². The minimum absolute atomic E-state index is 0.0202. The molecule has 2 rings (SSSR count). The Kier molecular flexibility index (Phi) is 4.85. The van der Waals surface area contributed by atoms with Crippen LogP contribution < -0.4 is 10.1 Å². The van der Waals surface area contributed by atoms with Gasteiger partial charge in [0, 0.05) is 16.8 Å². The Morgan fingerprint density at radius 3 is 2.54 bits per heavy atom. The lowest BCUT2D eigenvalue weighted by Crippen LogP contribution is -2.17. The molecule has 0 unspecified atom stereocenters. The van der Waals surface area contributed by atoms with Gasteiger partial charge in [0.2, 0.25) is 5.75 Å². The standard InChI is InChI=1S/C14H9ClN2O7/c15-7-1-4-12(10(5-7)17(22)23)24-14(21)16-8-2-3-11(18)9(6-8)13(19)20/h1-6,18H,(H,16,21)(H,19,20). The summed E-state index contributed by atoms with van der Waals surface area (Å²) in [6.07, 6.45) is -1.08. The third-order valence-corrected chi connectivity index (χ3v) is 3.03. The summed E-state index contributed by atoms with van der Waals surface area (Å²) in [4.78, 5) is 32.9. The molecule has 0 saturated heterocycles. The van der Waals surface area contributed by atoms with E-state index in [0.29, 0.717) is 0 Å². The Hall–Kier alpha value is -3.33. The number of amides is 1. The van der Waals surface area contributed by atoms with Gasteiger partial charge in [-0.15, -0.1) is 0 Å². The molecule has 0 aliphatic heterocycles. The van der Waals surface area contributed by atoms with Crippen molar-refractivity contribution >= 4 is 35.0 Å². The second-order valence-corrected chi connectivity index (χ2v) is 4.86. The van der Waals surface area contributed by atoms with E-state index in [1.807, 2.05) is 0 Å². The lowest BCUT2D eigenvalue weighted by atomic mass is 10.2. The molecule has 0 spiro atoms. The Balaban J connectivity index is 2.19. The third kappa shape index (κ3) is 3.90. The van der Waals surface area contributed by atoms with E-state index in [2.05, 4.69) is 5.32 Å². The maximum atomic E-state index is 11.8. The predicted octanol–water partition coefficient (Wildman–Crippen LogP) is 3.26. The number of hydrogen-bond acceptors (Lipinski definition) is 6. The number of nitro groups is 1. The number of benzene rings is 2. The fourth-order valence-electron chi connectivity index (χ4n) is 1.75. The van der Waals surface area contributed by atoms with Crippen LogP contribution in [0.15, 0.2) is 36.4 Å². The van der Waals surface area contributed by atoms with Crippen molar-refractivity contribution in [2.24, 2.45) is 0 Å². The largest absolute Gasteiger partial charge is 0.507 e. The fraction of sp³-hybridized carbons (Fsp3) is 0. The Labute approximate surface area is 139 Å². The number of aromatic hydroxyl groups is 1. The van der Waals surface area contributed by atoms with Crippen molar-refractivity contribution in [3.63, 3.8) is 0 Å². The fourth-order valence-corrected chi connectivity index (χ4v) is 1.91. The second kappa shape index (κ2) is 6.84. The molecule has 0 aromatic heterocycles. The SMILES string of the molecule is O=C(Nc1ccc(O)c(C(=O)O)c1)Oc1ccc(Cl)cc1[N+](=O)[O-]. The van der Waals surface area contributed by atoms with Crippen molar-refractivity contribution in [1.29, 1.82) is 0 Å². The molecule has 2 aromatic rings. The molecular weight excluding hydrogens is 344 g/mol. The van der Waals surface area contributed by atoms with E-state index in [-0.39, 0.29) is 16.5 Å². The van der Waals surface area contributed by atoms with Crippen LogP contribution in [0, 0.1) is 10.1 Å². The molecule has 0 aliphatic rings. The number of hydrogen-bond donors (Lipinski definition) is 3. The number of nitrogens with one attached hydrogen (secondary N) is 1. The molecule has 0 saturated carbocycles. The van der Waals surface area contributed by atoms with Gasteiger partial charge in [0.05, 0.1) is 4.92 Å². The van der Waals surface area contributed by atoms with Crippen LogP contribution in [0.3, 0.4) is 0 Å². The Bertz CT molecular complexity index is 838. The smallest absolute Gasteiger partial charge is 0.417 e. The van der Waals surface area contributed by atoms with Gasteiger partial charge < -0.3 is 14.9 Å². The van der Waals surface area contributed by atoms with Crippen LogP contribution in [-0.4, -0.2) is 27.2 Å². The molecule has 0 aliphatic carbocycles. The maximum Gasteiger partial charge on any atom is 0.417 e. The molecular formula is C14H9ClN2O7. The van der Waals surface area contributed by atoms with Crippen LogP contribution in [0.25, 0.3) is 0 Å². The van der Waals surface area contributed by atoms with Crippen LogP contribution in [0.2, 0.25) is 5.02 Å². The lowest BCUT2D eigenvalue weighted by Gasteiger charge is -2.08. The molecule has 10 heteroatoms. The first-order valence-electron chi connectivity index (χ1n) is 6.27. The predicted molar refractivity (Wildman–Crippen MR) is 82.8 cm³/mol. The Morgan fingerprint density at radius 2 is 1.92 bits per heavy atom. The number of carbonyl (C=O) groups excluding carboxylic acids is 1. The molecule has 0 heterocycles. The van der Waals surface area contributed by atoms with Crippen molar-refractivity contribution in [3.8, 4) is 11.5 Å². The molecule has 9 nitrogen and oxygen atoms in total. The number of carbonyl (C=O) groups is 2. The first kappa shape index (κ1) is 17.0. The number of phenols is 1. The van der Waals surface area contributed by atoms with Gasteiger partial charge in [-0.25, -0.2) is 9.59 Å². The van der Waals surface area contributed by atoms with Crippen molar-refractivity contribution in [2.75, 3.05) is 5.32 Å². The lowest BCUT2D eigenvalue weighted by molar-refractivity contribution is -0.385. The molecule has 124 valence electrons. The first-order valence-corrected chi connectivity index (χ1v) is 6.65. The van der Waals surface area contributed by atoms with Gasteiger partial charge in [0.25, 0.3) is 0 Å². The number of halogens is 1. The van der Waals surface area contributed by atoms with E-state index in [1.54, 1.807) is 0 Å². The van der Waals surface area contributed by atoms with E-state index in [0.717, 1.165) is 24.3 Å². The van der Waals surface area contributed by atoms with Crippen LogP contribution >= 0.6 is 11.6 Å². The van der Waals surface area contributed by atoms with Gasteiger partial charge in [0.15, 0.2) is 0 Å². The van der Waals surface area contributed by atoms with Gasteiger partial charge in [0.1, 0.15) is 11.3 Å². The van der Waals surface area contributed by atoms with Crippen molar-refractivity contribution in [2.45, 2.75) is 0 Å². The van der Waals surface area contributed by atoms with Crippen LogP contribution in [0.5, 0.6) is 11.5 Å². The van der Waals surface area contributed by atoms with Gasteiger partial charge in [-0.2, -0.15) is 0 Å². The average molecular weight is 353 g/mol. The second-order valence-electron chi connectivity index (χ2n) is 4.42. The van der Waals surface area contributed by atoms with Crippen LogP contribution in [0.1, 0.15) is 10.4 Å². The summed E-state index contributed by atoms with van der Waals surface area (Å²) < 4.78 is 4.84. The molecule has 2 aromatic carbocycles. The number of nitrogens with zero attached hydrogens (tertiary/aromatic N) is 1. The zero-order chi connectivity index (χ0) is 17.9. The minimum Gasteiger partial charge on any atom is -0.507 e. The number of aromatic carboxylic acids is 1. The average Bonchev–Trinajstić information content (AvgIpc) is 2.50. The van der Waals surface area contributed by atoms with Crippen molar-refractivity contribution in [1.82, 2.24) is 0 Å². The highest BCUT2D eigenvalue weighted by Crippen LogP contribution is 2.30. The molecule has 0 fully saturated rings. The van der Waals surface area contributed by atoms with Crippen molar-refractivity contribution in [3.05, 3.63) is 57.1 Å². The zero-order valence-electron chi connectivity index (χ0n) is 11.7. The van der Waals surface area contributed by atoms with E-state index in [1.165, 1.54) is 12.1 Å². The van der Waals surface area contributed by atoms with Gasteiger partial charge in [-0.3, -0.25) is 15.4 Å². The highest BCUT2D eigenvalue weighted by atomic mass is 35.5. The quantitative estimate of drug-likeness (QED) is 0.436. The molecule has 0 bridgehead atoms. The highest BCUT2D eigenvalue weighted by molar-refractivity contribution is 6.30. The number of nitro benzene ring substituents is 1. The molecule has 3 N–H and O–H groups in total. The summed E-state index contributed by atoms with van der Waals surface area (Å²) in [6.45, 7) is 0. The third-order valence-electron chi connectivity index (χ3n) is 2.79. The number of rotatable bonds is 4. The zero-order valence-corrected chi connectivity index (χ0v) is 12.5. The van der Waals surface area contributed by atoms with Crippen molar-refractivity contribution < 1.29 is 29.5 Å². The first-order chi connectivity index (χ1) is 11.3. The molecule has 1 amide bonds. The summed E-state index contributed by atoms with van der Waals surface area (Å²) in [7, 11) is 0. The summed E-state index contributed by atoms with van der Waals surface area (Å²) >= 11 is 5.65. The maximum absolute atomic E-state index is 11.8. The Morgan fingerprint density at radius 1 is 1.21 bits per heavy atom. The summed E-state index contributed by atoms with van der Waals surface area (Å²) in [6, 6.07) is 6.80. The summed E-state index contributed by atoms with van der Waals surface area (Å²) in [5, 5.41) is 31.5. The number of carboxylic acids is 1. The van der Waals surface area contributed by atoms with E-state index < -0.39 is 34.0 Å². The molecule has 0 atom stereocenters. The topological polar surface area (TPSA) is 139 Å². The number of ether oxygens (including phenoxy) is 1. The monoisotopic (exact) mass is 352 g/mol. The van der Waals surface area contributed by atoms with E-state index in [4.69, 9.17) is 21.4 Å². The van der Waals surface area contributed by atoms with Gasteiger partial charge >= 0.3 is 17.7 Å². The minimum atomic E-state index is -1.39. The van der Waals surface area contributed by atoms with E-state index in [9.17, 15) is 24.8 Å². The van der Waals surface area contributed by atoms with Crippen LogP contribution in [-0.2, 0) is 0 Å². The molecule has 24 heavy (non-hydrogen) atoms. The summed E-state index contributed by atoms with van der Waals surface area (Å²) in [5.74, 6) is -2.20. The number of carboxylic acid groups (broad SMARTS) is 1. The molecule has 0 radical (unpaired) electrons. The van der Waals surface area contributed by atoms with Gasteiger partial charge in [-0.05, 0) is 30.3 Å². The van der Waals surface area contributed by atoms with Gasteiger partial charge in [-0.1, -0.05) is 11.6 Å². The van der Waals surface area contributed by atoms with Crippen LogP contribution in [0.4, 0.5) is 16.2 Å². The highest BCUT2D eigenvalue weighted by Gasteiger charge is 2.19. The number of anilines is 1. The summed E-state index contributed by atoms with van der Waals surface area (Å²) in [5.41, 5.74) is -0.910.